The molecule has 1 rings (SSSR count). The number of benzene rings is 1. The summed E-state index contributed by atoms with van der Waals surface area (Å²) < 4.78 is 31.7. The minimum absolute atomic E-state index is 0.328. The van der Waals surface area contributed by atoms with Crippen molar-refractivity contribution in [2.75, 3.05) is 33.4 Å². The number of nitrogens with zero attached hydrogens (tertiary/aromatic N) is 1. The van der Waals surface area contributed by atoms with Crippen molar-refractivity contribution in [1.82, 2.24) is 4.31 Å². The summed E-state index contributed by atoms with van der Waals surface area (Å²) in [4.78, 5) is 0.328. The lowest BCUT2D eigenvalue weighted by Gasteiger charge is -2.22. The molecule has 0 aliphatic heterocycles. The zero-order valence-electron chi connectivity index (χ0n) is 12.4. The lowest BCUT2D eigenvalue weighted by Crippen LogP contribution is -2.35. The van der Waals surface area contributed by atoms with Crippen molar-refractivity contribution >= 4 is 10.0 Å². The maximum absolute atomic E-state index is 12.6. The standard InChI is InChI=1S/C14H24N2O3S/c1-12-5-6-14(11-13(12)2)20(17,18)16(8-4-7-15)9-10-19-3/h5-6,11H,4,7-10,15H2,1-3H3. The zero-order valence-corrected chi connectivity index (χ0v) is 13.2. The molecule has 0 amide bonds. The molecule has 1 aromatic rings. The van der Waals surface area contributed by atoms with Crippen LogP contribution in [0.5, 0.6) is 0 Å². The summed E-state index contributed by atoms with van der Waals surface area (Å²) in [6.45, 7) is 5.46. The monoisotopic (exact) mass is 300 g/mol. The van der Waals surface area contributed by atoms with Crippen molar-refractivity contribution in [3.05, 3.63) is 29.3 Å². The lowest BCUT2D eigenvalue weighted by atomic mass is 10.1. The van der Waals surface area contributed by atoms with Gasteiger partial charge in [0.2, 0.25) is 10.0 Å². The smallest absolute Gasteiger partial charge is 0.243 e. The molecule has 0 aliphatic rings. The number of hydrogen-bond donors (Lipinski definition) is 1. The van der Waals surface area contributed by atoms with Crippen LogP contribution >= 0.6 is 0 Å². The average molecular weight is 300 g/mol. The van der Waals surface area contributed by atoms with Crippen LogP contribution in [0.1, 0.15) is 17.5 Å². The van der Waals surface area contributed by atoms with E-state index in [0.29, 0.717) is 37.6 Å². The summed E-state index contributed by atoms with van der Waals surface area (Å²) in [6, 6.07) is 5.20. The molecule has 0 atom stereocenters. The Morgan fingerprint density at radius 3 is 2.45 bits per heavy atom. The van der Waals surface area contributed by atoms with E-state index in [0.717, 1.165) is 11.1 Å². The quantitative estimate of drug-likeness (QED) is 0.785. The summed E-state index contributed by atoms with van der Waals surface area (Å²) in [5.74, 6) is 0. The third-order valence-corrected chi connectivity index (χ3v) is 5.17. The van der Waals surface area contributed by atoms with Crippen LogP contribution in [0.4, 0.5) is 0 Å². The van der Waals surface area contributed by atoms with Gasteiger partial charge in [-0.25, -0.2) is 8.42 Å². The van der Waals surface area contributed by atoms with E-state index in [1.807, 2.05) is 19.9 Å². The van der Waals surface area contributed by atoms with Crippen molar-refractivity contribution in [3.8, 4) is 0 Å². The van der Waals surface area contributed by atoms with Crippen LogP contribution in [0.25, 0.3) is 0 Å². The molecule has 0 fully saturated rings. The number of hydrogen-bond acceptors (Lipinski definition) is 4. The van der Waals surface area contributed by atoms with E-state index in [4.69, 9.17) is 10.5 Å². The molecule has 0 spiro atoms. The Morgan fingerprint density at radius 2 is 1.90 bits per heavy atom. The topological polar surface area (TPSA) is 72.6 Å². The molecule has 6 heteroatoms. The normalized spacial score (nSPS) is 12.1. The number of ether oxygens (including phenoxy) is 1. The number of nitrogens with two attached hydrogens (primary N) is 1. The number of aryl methyl sites for hydroxylation is 2. The number of sulfonamides is 1. The molecule has 1 aromatic carbocycles. The van der Waals surface area contributed by atoms with Crippen molar-refractivity contribution in [2.45, 2.75) is 25.2 Å². The van der Waals surface area contributed by atoms with E-state index in [2.05, 4.69) is 0 Å². The van der Waals surface area contributed by atoms with Gasteiger partial charge in [0.05, 0.1) is 11.5 Å². The van der Waals surface area contributed by atoms with Crippen molar-refractivity contribution in [2.24, 2.45) is 5.73 Å². The molecular formula is C14H24N2O3S. The Balaban J connectivity index is 3.03. The van der Waals surface area contributed by atoms with Crippen LogP contribution in [-0.4, -0.2) is 46.1 Å². The van der Waals surface area contributed by atoms with Crippen LogP contribution in [0, 0.1) is 13.8 Å². The maximum Gasteiger partial charge on any atom is 0.243 e. The molecule has 0 saturated carbocycles. The average Bonchev–Trinajstić information content (AvgIpc) is 2.41. The van der Waals surface area contributed by atoms with Gasteiger partial charge in [0.15, 0.2) is 0 Å². The molecule has 0 radical (unpaired) electrons. The second-order valence-corrected chi connectivity index (χ2v) is 6.72. The van der Waals surface area contributed by atoms with Crippen LogP contribution in [0.3, 0.4) is 0 Å². The van der Waals surface area contributed by atoms with Crippen LogP contribution in [0.2, 0.25) is 0 Å². The molecule has 0 saturated heterocycles. The predicted octanol–water partition coefficient (Wildman–Crippen LogP) is 1.29. The molecule has 0 bridgehead atoms. The zero-order chi connectivity index (χ0) is 15.2. The fourth-order valence-corrected chi connectivity index (χ4v) is 3.38. The molecule has 0 heterocycles. The first-order valence-corrected chi connectivity index (χ1v) is 8.14. The highest BCUT2D eigenvalue weighted by molar-refractivity contribution is 7.89. The van der Waals surface area contributed by atoms with Crippen molar-refractivity contribution < 1.29 is 13.2 Å². The van der Waals surface area contributed by atoms with Crippen molar-refractivity contribution in [3.63, 3.8) is 0 Å². The van der Waals surface area contributed by atoms with Gasteiger partial charge >= 0.3 is 0 Å². The first-order chi connectivity index (χ1) is 9.43. The Labute approximate surface area is 121 Å². The van der Waals surface area contributed by atoms with E-state index >= 15 is 0 Å². The summed E-state index contributed by atoms with van der Waals surface area (Å²) in [7, 11) is -1.93. The Bertz CT molecular complexity index is 521. The van der Waals surface area contributed by atoms with E-state index in [-0.39, 0.29) is 0 Å². The second kappa shape index (κ2) is 7.73. The SMILES string of the molecule is COCCN(CCCN)S(=O)(=O)c1ccc(C)c(C)c1. The fraction of sp³-hybridized carbons (Fsp3) is 0.571. The van der Waals surface area contributed by atoms with Gasteiger partial charge < -0.3 is 10.5 Å². The number of methoxy groups -OCH3 is 1. The molecule has 5 nitrogen and oxygen atoms in total. The Kier molecular flexibility index (Phi) is 6.61. The first-order valence-electron chi connectivity index (χ1n) is 6.70. The van der Waals surface area contributed by atoms with Gasteiger partial charge in [0.25, 0.3) is 0 Å². The van der Waals surface area contributed by atoms with E-state index in [9.17, 15) is 8.42 Å². The highest BCUT2D eigenvalue weighted by Gasteiger charge is 2.23. The second-order valence-electron chi connectivity index (χ2n) is 4.79. The summed E-state index contributed by atoms with van der Waals surface area (Å²) in [5.41, 5.74) is 7.53. The van der Waals surface area contributed by atoms with Gasteiger partial charge in [0.1, 0.15) is 0 Å². The van der Waals surface area contributed by atoms with Crippen LogP contribution < -0.4 is 5.73 Å². The molecule has 0 aromatic heterocycles. The van der Waals surface area contributed by atoms with Gasteiger partial charge in [-0.15, -0.1) is 0 Å². The summed E-state index contributed by atoms with van der Waals surface area (Å²) in [6.07, 6.45) is 0.633. The van der Waals surface area contributed by atoms with E-state index < -0.39 is 10.0 Å². The predicted molar refractivity (Wildman–Crippen MR) is 80.2 cm³/mol. The maximum atomic E-state index is 12.6. The molecule has 20 heavy (non-hydrogen) atoms. The Morgan fingerprint density at radius 1 is 1.20 bits per heavy atom. The first kappa shape index (κ1) is 17.1. The van der Waals surface area contributed by atoms with Gasteiger partial charge in [-0.1, -0.05) is 6.07 Å². The van der Waals surface area contributed by atoms with E-state index in [1.54, 1.807) is 19.2 Å². The molecule has 0 unspecified atom stereocenters. The van der Waals surface area contributed by atoms with Gasteiger partial charge in [-0.3, -0.25) is 0 Å². The van der Waals surface area contributed by atoms with Crippen LogP contribution in [0.15, 0.2) is 23.1 Å². The van der Waals surface area contributed by atoms with Crippen molar-refractivity contribution in [1.29, 1.82) is 0 Å². The number of rotatable bonds is 8. The summed E-state index contributed by atoms with van der Waals surface area (Å²) >= 11 is 0. The molecule has 114 valence electrons. The summed E-state index contributed by atoms with van der Waals surface area (Å²) in [5, 5.41) is 0. The third-order valence-electron chi connectivity index (χ3n) is 3.27. The minimum atomic E-state index is -3.49. The van der Waals surface area contributed by atoms with Gasteiger partial charge in [-0.2, -0.15) is 4.31 Å². The highest BCUT2D eigenvalue weighted by Crippen LogP contribution is 2.19. The largest absolute Gasteiger partial charge is 0.383 e. The Hall–Kier alpha value is -0.950. The van der Waals surface area contributed by atoms with E-state index in [1.165, 1.54) is 4.31 Å². The lowest BCUT2D eigenvalue weighted by molar-refractivity contribution is 0.178. The fourth-order valence-electron chi connectivity index (χ4n) is 1.84. The minimum Gasteiger partial charge on any atom is -0.383 e. The molecule has 0 aliphatic carbocycles. The third kappa shape index (κ3) is 4.28. The highest BCUT2D eigenvalue weighted by atomic mass is 32.2. The molecular weight excluding hydrogens is 276 g/mol. The van der Waals surface area contributed by atoms with Crippen LogP contribution in [-0.2, 0) is 14.8 Å². The van der Waals surface area contributed by atoms with Gasteiger partial charge in [-0.05, 0) is 50.1 Å². The van der Waals surface area contributed by atoms with Gasteiger partial charge in [0, 0.05) is 20.2 Å². The molecule has 2 N–H and O–H groups in total.